The van der Waals surface area contributed by atoms with Crippen molar-refractivity contribution in [3.05, 3.63) is 0 Å². The highest BCUT2D eigenvalue weighted by molar-refractivity contribution is 5.68. The highest BCUT2D eigenvalue weighted by atomic mass is 16.8. The Kier molecular flexibility index (Phi) is 15.1. The van der Waals surface area contributed by atoms with Crippen LogP contribution in [-0.4, -0.2) is 122 Å². The third-order valence-electron chi connectivity index (χ3n) is 6.41. The van der Waals surface area contributed by atoms with Crippen molar-refractivity contribution in [2.75, 3.05) is 19.8 Å². The fraction of sp³-hybridized carbons (Fsp3) is 0.786. The molecule has 2 fully saturated rings. The molecule has 1 N–H and O–H groups in total. The van der Waals surface area contributed by atoms with Crippen LogP contribution in [0.5, 0.6) is 0 Å². The number of carbonyl (C=O) groups is 6. The molecule has 2 aliphatic heterocycles. The van der Waals surface area contributed by atoms with Gasteiger partial charge in [-0.1, -0.05) is 13.3 Å². The molecule has 2 heterocycles. The van der Waals surface area contributed by atoms with Crippen molar-refractivity contribution >= 4 is 35.8 Å². The SMILES string of the molecule is CCCCO[C@H]1[C@H](OC(C)=O)[C@H](OC(C)=O)[C@@H](O[C@H]2[C@@H](OC(C)=O)[C@H](OC(C)=O)[C@H](COC(C)=O)O[C@@H]2O)O[C@@H]1COC(C)=O. The van der Waals surface area contributed by atoms with E-state index in [2.05, 4.69) is 0 Å². The van der Waals surface area contributed by atoms with Gasteiger partial charge in [-0.25, -0.2) is 0 Å². The van der Waals surface area contributed by atoms with E-state index in [0.29, 0.717) is 6.42 Å². The Bertz CT molecular complexity index is 1050. The van der Waals surface area contributed by atoms with Gasteiger partial charge in [-0.05, 0) is 6.42 Å². The number of esters is 6. The normalized spacial score (nSPS) is 31.2. The topological polar surface area (TPSA) is 215 Å². The van der Waals surface area contributed by atoms with E-state index in [1.165, 1.54) is 0 Å². The predicted molar refractivity (Wildman–Crippen MR) is 145 cm³/mol. The van der Waals surface area contributed by atoms with E-state index in [-0.39, 0.29) is 6.61 Å². The maximum Gasteiger partial charge on any atom is 0.303 e. The summed E-state index contributed by atoms with van der Waals surface area (Å²) in [5, 5.41) is 11.0. The zero-order chi connectivity index (χ0) is 33.8. The molecule has 10 atom stereocenters. The molecule has 0 spiro atoms. The largest absolute Gasteiger partial charge is 0.463 e. The van der Waals surface area contributed by atoms with Crippen LogP contribution >= 0.6 is 0 Å². The molecule has 0 aromatic rings. The minimum absolute atomic E-state index is 0.175. The number of aliphatic hydroxyl groups is 1. The lowest BCUT2D eigenvalue weighted by Crippen LogP contribution is -2.67. The van der Waals surface area contributed by atoms with Crippen molar-refractivity contribution in [2.24, 2.45) is 0 Å². The minimum atomic E-state index is -1.93. The summed E-state index contributed by atoms with van der Waals surface area (Å²) in [4.78, 5) is 71.8. The lowest BCUT2D eigenvalue weighted by molar-refractivity contribution is -0.365. The molecule has 0 saturated carbocycles. The fourth-order valence-electron chi connectivity index (χ4n) is 4.72. The Morgan fingerprint density at radius 3 is 1.49 bits per heavy atom. The molecule has 0 aliphatic carbocycles. The quantitative estimate of drug-likeness (QED) is 0.147. The van der Waals surface area contributed by atoms with Crippen molar-refractivity contribution in [1.29, 1.82) is 0 Å². The first kappa shape index (κ1) is 37.8. The monoisotopic (exact) mass is 650 g/mol. The van der Waals surface area contributed by atoms with Crippen LogP contribution in [0.1, 0.15) is 61.3 Å². The van der Waals surface area contributed by atoms with E-state index < -0.39 is 110 Å². The van der Waals surface area contributed by atoms with E-state index in [9.17, 15) is 33.9 Å². The van der Waals surface area contributed by atoms with E-state index in [1.54, 1.807) is 0 Å². The molecule has 0 aromatic carbocycles. The van der Waals surface area contributed by atoms with E-state index >= 15 is 0 Å². The maximum absolute atomic E-state index is 12.2. The van der Waals surface area contributed by atoms with Gasteiger partial charge in [0.15, 0.2) is 43.1 Å². The number of hydrogen-bond donors (Lipinski definition) is 1. The summed E-state index contributed by atoms with van der Waals surface area (Å²) in [7, 11) is 0. The van der Waals surface area contributed by atoms with Crippen LogP contribution in [0, 0.1) is 0 Å². The molecule has 2 aliphatic rings. The number of carbonyl (C=O) groups excluding carboxylic acids is 6. The molecule has 256 valence electrons. The van der Waals surface area contributed by atoms with Gasteiger partial charge < -0.3 is 52.5 Å². The summed E-state index contributed by atoms with van der Waals surface area (Å²) in [6.07, 6.45) is -13.5. The van der Waals surface area contributed by atoms with Crippen molar-refractivity contribution in [3.63, 3.8) is 0 Å². The molecule has 45 heavy (non-hydrogen) atoms. The van der Waals surface area contributed by atoms with Crippen LogP contribution in [0.15, 0.2) is 0 Å². The molecule has 2 rings (SSSR count). The number of unbranched alkanes of at least 4 members (excludes halogenated alkanes) is 1. The van der Waals surface area contributed by atoms with E-state index in [0.717, 1.165) is 48.0 Å². The summed E-state index contributed by atoms with van der Waals surface area (Å²) < 4.78 is 55.5. The minimum Gasteiger partial charge on any atom is -0.463 e. The Hall–Kier alpha value is -3.38. The standard InChI is InChI=1S/C28H42O17/c1-8-9-10-36-21-19(11-37-13(2)29)44-28(26(42-18(7)34)23(21)40-16(5)32)45-25-24(41-17(6)33)22(39-15(4)31)20(43-27(25)35)12-38-14(3)30/h19-28,35H,8-12H2,1-7H3/t19-,20+,21-,22-,23+,24+,25+,26+,27+,28-/m1/s1. The number of rotatable bonds is 14. The van der Waals surface area contributed by atoms with Gasteiger partial charge >= 0.3 is 35.8 Å². The van der Waals surface area contributed by atoms with Gasteiger partial charge in [-0.2, -0.15) is 0 Å². The molecular formula is C28H42O17. The second kappa shape index (κ2) is 17.9. The third-order valence-corrected chi connectivity index (χ3v) is 6.41. The molecule has 17 nitrogen and oxygen atoms in total. The smallest absolute Gasteiger partial charge is 0.303 e. The lowest BCUT2D eigenvalue weighted by Gasteiger charge is -2.48. The van der Waals surface area contributed by atoms with Crippen molar-refractivity contribution in [3.8, 4) is 0 Å². The van der Waals surface area contributed by atoms with E-state index in [4.69, 9.17) is 47.4 Å². The fourth-order valence-corrected chi connectivity index (χ4v) is 4.72. The first-order valence-corrected chi connectivity index (χ1v) is 14.4. The van der Waals surface area contributed by atoms with Gasteiger partial charge in [0.05, 0.1) is 0 Å². The molecule has 0 bridgehead atoms. The average Bonchev–Trinajstić information content (AvgIpc) is 2.91. The van der Waals surface area contributed by atoms with Gasteiger partial charge in [0.25, 0.3) is 0 Å². The highest BCUT2D eigenvalue weighted by Crippen LogP contribution is 2.34. The van der Waals surface area contributed by atoms with E-state index in [1.807, 2.05) is 6.92 Å². The van der Waals surface area contributed by atoms with Crippen LogP contribution < -0.4 is 0 Å². The Labute approximate surface area is 259 Å². The zero-order valence-electron chi connectivity index (χ0n) is 26.3. The summed E-state index contributed by atoms with van der Waals surface area (Å²) >= 11 is 0. The molecular weight excluding hydrogens is 608 g/mol. The van der Waals surface area contributed by atoms with Gasteiger partial charge in [0.1, 0.15) is 31.5 Å². The first-order valence-electron chi connectivity index (χ1n) is 14.4. The third kappa shape index (κ3) is 11.8. The molecule has 0 aromatic heterocycles. The zero-order valence-corrected chi connectivity index (χ0v) is 26.3. The first-order chi connectivity index (χ1) is 21.1. The number of ether oxygens (including phenoxy) is 10. The second-order valence-electron chi connectivity index (χ2n) is 10.3. The van der Waals surface area contributed by atoms with Crippen LogP contribution in [0.25, 0.3) is 0 Å². The lowest BCUT2D eigenvalue weighted by atomic mass is 9.96. The Balaban J connectivity index is 2.57. The number of aliphatic hydroxyl groups excluding tert-OH is 1. The second-order valence-corrected chi connectivity index (χ2v) is 10.3. The predicted octanol–water partition coefficient (Wildman–Crippen LogP) is -0.148. The van der Waals surface area contributed by atoms with Crippen molar-refractivity contribution in [2.45, 2.75) is 123 Å². The van der Waals surface area contributed by atoms with Crippen LogP contribution in [0.4, 0.5) is 0 Å². The van der Waals surface area contributed by atoms with Gasteiger partial charge in [-0.3, -0.25) is 28.8 Å². The Morgan fingerprint density at radius 2 is 1.02 bits per heavy atom. The van der Waals surface area contributed by atoms with Crippen molar-refractivity contribution in [1.82, 2.24) is 0 Å². The molecule has 0 unspecified atom stereocenters. The van der Waals surface area contributed by atoms with Gasteiger partial charge in [-0.15, -0.1) is 0 Å². The average molecular weight is 651 g/mol. The molecule has 2 saturated heterocycles. The van der Waals surface area contributed by atoms with Crippen molar-refractivity contribution < 1.29 is 81.2 Å². The van der Waals surface area contributed by atoms with Crippen LogP contribution in [0.3, 0.4) is 0 Å². The molecule has 0 amide bonds. The summed E-state index contributed by atoms with van der Waals surface area (Å²) in [6.45, 7) is 7.78. The summed E-state index contributed by atoms with van der Waals surface area (Å²) in [5.74, 6) is -4.70. The van der Waals surface area contributed by atoms with Crippen LogP contribution in [-0.2, 0) is 76.1 Å². The summed E-state index contributed by atoms with van der Waals surface area (Å²) in [6, 6.07) is 0. The number of hydrogen-bond acceptors (Lipinski definition) is 17. The van der Waals surface area contributed by atoms with Gasteiger partial charge in [0, 0.05) is 48.1 Å². The molecule has 17 heteroatoms. The van der Waals surface area contributed by atoms with Crippen LogP contribution in [0.2, 0.25) is 0 Å². The maximum atomic E-state index is 12.2. The van der Waals surface area contributed by atoms with Gasteiger partial charge in [0.2, 0.25) is 0 Å². The molecule has 0 radical (unpaired) electrons. The highest BCUT2D eigenvalue weighted by Gasteiger charge is 2.56. The summed E-state index contributed by atoms with van der Waals surface area (Å²) in [5.41, 5.74) is 0. The Morgan fingerprint density at radius 1 is 0.578 bits per heavy atom.